The second kappa shape index (κ2) is 7.97. The number of hydrogen-bond acceptors (Lipinski definition) is 2. The van der Waals surface area contributed by atoms with Crippen molar-refractivity contribution < 1.29 is 9.13 Å². The van der Waals surface area contributed by atoms with Crippen LogP contribution < -0.4 is 4.74 Å². The zero-order chi connectivity index (χ0) is 20.7. The van der Waals surface area contributed by atoms with Crippen molar-refractivity contribution in [2.45, 2.75) is 69.6 Å². The van der Waals surface area contributed by atoms with Gasteiger partial charge < -0.3 is 4.74 Å². The highest BCUT2D eigenvalue weighted by molar-refractivity contribution is 8.04. The third-order valence-electron chi connectivity index (χ3n) is 6.31. The van der Waals surface area contributed by atoms with Crippen LogP contribution in [0.15, 0.2) is 91.2 Å². The van der Waals surface area contributed by atoms with Crippen molar-refractivity contribution in [1.29, 1.82) is 0 Å². The molecular formula is C26H26FOS2+. The van der Waals surface area contributed by atoms with E-state index >= 15 is 0 Å². The van der Waals surface area contributed by atoms with Crippen LogP contribution >= 0.6 is 11.8 Å². The average molecular weight is 438 g/mol. The topological polar surface area (TPSA) is 9.23 Å². The molecule has 3 aromatic rings. The first kappa shape index (κ1) is 20.0. The highest BCUT2D eigenvalue weighted by Gasteiger charge is 2.41. The Morgan fingerprint density at radius 1 is 0.900 bits per heavy atom. The Bertz CT molecular complexity index is 1030. The third-order valence-corrected chi connectivity index (χ3v) is 10.0. The van der Waals surface area contributed by atoms with Crippen LogP contribution in [0, 0.1) is 11.7 Å². The zero-order valence-corrected chi connectivity index (χ0v) is 19.0. The molecule has 30 heavy (non-hydrogen) atoms. The van der Waals surface area contributed by atoms with Gasteiger partial charge in [-0.15, -0.1) is 0 Å². The summed E-state index contributed by atoms with van der Waals surface area (Å²) in [4.78, 5) is 6.28. The molecule has 0 spiro atoms. The summed E-state index contributed by atoms with van der Waals surface area (Å²) in [6.45, 7) is 4.39. The van der Waals surface area contributed by atoms with Crippen molar-refractivity contribution in [1.82, 2.24) is 0 Å². The van der Waals surface area contributed by atoms with Gasteiger partial charge >= 0.3 is 0 Å². The first-order chi connectivity index (χ1) is 14.6. The molecule has 1 heterocycles. The average Bonchev–Trinajstić information content (AvgIpc) is 3.24. The van der Waals surface area contributed by atoms with Crippen molar-refractivity contribution in [2.24, 2.45) is 5.92 Å². The summed E-state index contributed by atoms with van der Waals surface area (Å²) in [5, 5.41) is 0. The molecule has 1 aliphatic heterocycles. The third kappa shape index (κ3) is 3.44. The van der Waals surface area contributed by atoms with Gasteiger partial charge in [0.2, 0.25) is 0 Å². The minimum atomic E-state index is -0.271. The van der Waals surface area contributed by atoms with E-state index in [1.54, 1.807) is 6.07 Å². The lowest BCUT2D eigenvalue weighted by atomic mass is 9.88. The van der Waals surface area contributed by atoms with Crippen molar-refractivity contribution in [2.75, 3.05) is 0 Å². The lowest BCUT2D eigenvalue weighted by Gasteiger charge is -2.34. The van der Waals surface area contributed by atoms with Crippen molar-refractivity contribution >= 4 is 22.7 Å². The molecule has 0 bridgehead atoms. The number of benzene rings is 3. The molecule has 3 aromatic carbocycles. The van der Waals surface area contributed by atoms with E-state index in [1.165, 1.54) is 19.6 Å². The van der Waals surface area contributed by atoms with E-state index in [-0.39, 0.29) is 22.3 Å². The second-order valence-electron chi connectivity index (χ2n) is 8.42. The van der Waals surface area contributed by atoms with E-state index in [4.69, 9.17) is 4.74 Å². The molecular weight excluding hydrogens is 411 g/mol. The van der Waals surface area contributed by atoms with Gasteiger partial charge in [-0.05, 0) is 68.0 Å². The van der Waals surface area contributed by atoms with Crippen LogP contribution in [-0.4, -0.2) is 5.60 Å². The molecule has 0 amide bonds. The number of hydrogen-bond donors (Lipinski definition) is 0. The molecule has 0 unspecified atom stereocenters. The van der Waals surface area contributed by atoms with Crippen molar-refractivity contribution in [3.05, 3.63) is 72.5 Å². The van der Waals surface area contributed by atoms with Crippen LogP contribution in [-0.2, 0) is 10.9 Å². The summed E-state index contributed by atoms with van der Waals surface area (Å²) in [5.41, 5.74) is -0.249. The maximum absolute atomic E-state index is 14.9. The van der Waals surface area contributed by atoms with Gasteiger partial charge in [-0.2, -0.15) is 0 Å². The van der Waals surface area contributed by atoms with Gasteiger partial charge in [0.15, 0.2) is 26.3 Å². The standard InChI is InChI=1S/C26H26FOS2/c1-18(2)26(15-7-8-16-26)28-21-17-19(13-14-20(21)27)30-24-11-5-3-9-22(24)29-23-10-4-6-12-25(23)30/h3-6,9-14,17-18H,7-8,15-16H2,1-2H3/q+1. The Morgan fingerprint density at radius 2 is 1.50 bits per heavy atom. The molecule has 1 saturated carbocycles. The van der Waals surface area contributed by atoms with Crippen LogP contribution in [0.4, 0.5) is 4.39 Å². The molecule has 0 aromatic heterocycles. The molecule has 2 aliphatic rings. The number of halogens is 1. The molecule has 154 valence electrons. The summed E-state index contributed by atoms with van der Waals surface area (Å²) in [6, 6.07) is 22.6. The second-order valence-corrected chi connectivity index (χ2v) is 11.5. The quantitative estimate of drug-likeness (QED) is 0.302. The molecule has 1 aliphatic carbocycles. The molecule has 0 radical (unpaired) electrons. The lowest BCUT2D eigenvalue weighted by molar-refractivity contribution is 0.0249. The molecule has 0 saturated heterocycles. The minimum Gasteiger partial charge on any atom is -0.484 e. The first-order valence-electron chi connectivity index (χ1n) is 10.7. The normalized spacial score (nSPS) is 17.6. The number of ether oxygens (including phenoxy) is 1. The van der Waals surface area contributed by atoms with E-state index in [0.717, 1.165) is 30.6 Å². The number of rotatable bonds is 4. The van der Waals surface area contributed by atoms with E-state index in [0.29, 0.717) is 11.7 Å². The van der Waals surface area contributed by atoms with E-state index in [9.17, 15) is 4.39 Å². The largest absolute Gasteiger partial charge is 0.484 e. The van der Waals surface area contributed by atoms with Crippen LogP contribution in [0.1, 0.15) is 39.5 Å². The molecule has 0 atom stereocenters. The van der Waals surface area contributed by atoms with Crippen molar-refractivity contribution in [3.63, 3.8) is 0 Å². The number of fused-ring (bicyclic) bond motifs is 2. The van der Waals surface area contributed by atoms with Crippen LogP contribution in [0.2, 0.25) is 0 Å². The first-order valence-corrected chi connectivity index (χ1v) is 12.7. The van der Waals surface area contributed by atoms with Gasteiger partial charge in [0, 0.05) is 6.07 Å². The Hall–Kier alpha value is -1.91. The van der Waals surface area contributed by atoms with Crippen LogP contribution in [0.5, 0.6) is 5.75 Å². The Kier molecular flexibility index (Phi) is 5.32. The molecule has 4 heteroatoms. The smallest absolute Gasteiger partial charge is 0.180 e. The summed E-state index contributed by atoms with van der Waals surface area (Å²) in [7, 11) is -0.271. The highest BCUT2D eigenvalue weighted by Crippen LogP contribution is 2.49. The molecule has 5 rings (SSSR count). The lowest BCUT2D eigenvalue weighted by Crippen LogP contribution is -2.38. The maximum Gasteiger partial charge on any atom is 0.180 e. The SMILES string of the molecule is CC(C)C1(Oc2cc([S+]3c4ccccc4Sc4ccccc43)ccc2F)CCCC1. The highest BCUT2D eigenvalue weighted by atomic mass is 32.2. The monoisotopic (exact) mass is 437 g/mol. The summed E-state index contributed by atoms with van der Waals surface area (Å²) in [5.74, 6) is 0.504. The maximum atomic E-state index is 14.9. The fraction of sp³-hybridized carbons (Fsp3) is 0.308. The van der Waals surface area contributed by atoms with Gasteiger partial charge in [-0.1, -0.05) is 49.9 Å². The predicted molar refractivity (Wildman–Crippen MR) is 122 cm³/mol. The summed E-state index contributed by atoms with van der Waals surface area (Å²) >= 11 is 1.82. The van der Waals surface area contributed by atoms with Crippen LogP contribution in [0.3, 0.4) is 0 Å². The fourth-order valence-electron chi connectivity index (χ4n) is 4.58. The van der Waals surface area contributed by atoms with Gasteiger partial charge in [0.1, 0.15) is 16.5 Å². The summed E-state index contributed by atoms with van der Waals surface area (Å²) < 4.78 is 21.4. The fourth-order valence-corrected chi connectivity index (χ4v) is 8.33. The summed E-state index contributed by atoms with van der Waals surface area (Å²) in [6.07, 6.45) is 4.31. The van der Waals surface area contributed by atoms with E-state index < -0.39 is 0 Å². The Morgan fingerprint density at radius 3 is 2.10 bits per heavy atom. The zero-order valence-electron chi connectivity index (χ0n) is 17.4. The molecule has 0 N–H and O–H groups in total. The minimum absolute atomic E-state index is 0.249. The van der Waals surface area contributed by atoms with Crippen LogP contribution in [0.25, 0.3) is 0 Å². The molecule has 1 fully saturated rings. The van der Waals surface area contributed by atoms with Gasteiger partial charge in [-0.25, -0.2) is 4.39 Å². The Balaban J connectivity index is 1.60. The predicted octanol–water partition coefficient (Wildman–Crippen LogP) is 7.73. The van der Waals surface area contributed by atoms with Gasteiger partial charge in [0.25, 0.3) is 0 Å². The van der Waals surface area contributed by atoms with E-state index in [2.05, 4.69) is 62.4 Å². The Labute approximate surface area is 185 Å². The van der Waals surface area contributed by atoms with E-state index in [1.807, 2.05) is 23.9 Å². The van der Waals surface area contributed by atoms with Crippen molar-refractivity contribution in [3.8, 4) is 5.75 Å². The molecule has 1 nitrogen and oxygen atoms in total. The van der Waals surface area contributed by atoms with Gasteiger partial charge in [0.05, 0.1) is 9.79 Å². The van der Waals surface area contributed by atoms with Gasteiger partial charge in [-0.3, -0.25) is 0 Å².